The van der Waals surface area contributed by atoms with Crippen molar-refractivity contribution in [2.75, 3.05) is 0 Å². The minimum Gasteiger partial charge on any atom is -0.541 e. The number of carbonyl (C=O) groups is 1. The number of hydrogen-bond donors (Lipinski definition) is 0. The van der Waals surface area contributed by atoms with Crippen molar-refractivity contribution in [3.8, 4) is 0 Å². The molecule has 1 heterocycles. The summed E-state index contributed by atoms with van der Waals surface area (Å²) in [5.41, 5.74) is 0. The molecule has 0 N–H and O–H groups in total. The second kappa shape index (κ2) is 3.77. The van der Waals surface area contributed by atoms with Crippen LogP contribution in [0.1, 0.15) is 35.2 Å². The van der Waals surface area contributed by atoms with E-state index in [2.05, 4.69) is 10.1 Å². The van der Waals surface area contributed by atoms with Crippen molar-refractivity contribution >= 4 is 5.97 Å². The van der Waals surface area contributed by atoms with E-state index in [0.717, 1.165) is 18.7 Å². The van der Waals surface area contributed by atoms with Gasteiger partial charge in [-0.1, -0.05) is 0 Å². The average molecular weight is 189 g/mol. The van der Waals surface area contributed by atoms with Crippen LogP contribution in [0.15, 0.2) is 0 Å². The van der Waals surface area contributed by atoms with Gasteiger partial charge in [-0.05, 0) is 12.8 Å². The first kappa shape index (κ1) is 10.7. The Morgan fingerprint density at radius 2 is 2.23 bits per heavy atom. The van der Waals surface area contributed by atoms with Crippen LogP contribution in [-0.2, 0) is 7.05 Å². The molecule has 1 aliphatic rings. The summed E-state index contributed by atoms with van der Waals surface area (Å²) >= 11 is 0. The van der Waals surface area contributed by atoms with Crippen molar-refractivity contribution in [2.24, 2.45) is 7.05 Å². The van der Waals surface area contributed by atoms with E-state index in [-0.39, 0.29) is 35.4 Å². The standard InChI is InChI=1S/C7H9N3O2.Na/c1-10-6(4-2-3-4)8-5(9-10)7(11)12;/h4H,2-3H2,1H3,(H,11,12);/q;+1/p-1. The summed E-state index contributed by atoms with van der Waals surface area (Å²) in [5.74, 6) is -0.346. The number of aromatic nitrogens is 3. The third-order valence-electron chi connectivity index (χ3n) is 1.92. The number of hydrogen-bond acceptors (Lipinski definition) is 4. The molecule has 1 aliphatic carbocycles. The van der Waals surface area contributed by atoms with E-state index >= 15 is 0 Å². The molecule has 1 aromatic rings. The molecule has 0 unspecified atom stereocenters. The van der Waals surface area contributed by atoms with Crippen LogP contribution in [0.3, 0.4) is 0 Å². The summed E-state index contributed by atoms with van der Waals surface area (Å²) in [6, 6.07) is 0. The molecule has 5 nitrogen and oxygen atoms in total. The van der Waals surface area contributed by atoms with Crippen LogP contribution in [0.4, 0.5) is 0 Å². The molecule has 1 saturated carbocycles. The third-order valence-corrected chi connectivity index (χ3v) is 1.92. The molecule has 0 atom stereocenters. The maximum absolute atomic E-state index is 10.4. The van der Waals surface area contributed by atoms with Gasteiger partial charge in [0, 0.05) is 13.0 Å². The molecule has 0 aliphatic heterocycles. The summed E-state index contributed by atoms with van der Waals surface area (Å²) < 4.78 is 1.52. The van der Waals surface area contributed by atoms with Crippen LogP contribution in [0.25, 0.3) is 0 Å². The first-order valence-electron chi connectivity index (χ1n) is 3.81. The number of rotatable bonds is 2. The molecular formula is C7H8N3NaO2. The van der Waals surface area contributed by atoms with Crippen LogP contribution in [0.5, 0.6) is 0 Å². The molecular weight excluding hydrogens is 181 g/mol. The Morgan fingerprint density at radius 1 is 1.62 bits per heavy atom. The van der Waals surface area contributed by atoms with Crippen molar-refractivity contribution < 1.29 is 39.5 Å². The molecule has 6 heteroatoms. The van der Waals surface area contributed by atoms with Crippen LogP contribution < -0.4 is 34.7 Å². The molecule has 0 aromatic carbocycles. The quantitative estimate of drug-likeness (QED) is 0.445. The predicted molar refractivity (Wildman–Crippen MR) is 37.3 cm³/mol. The number of nitrogens with zero attached hydrogens (tertiary/aromatic N) is 3. The minimum absolute atomic E-state index is 0. The fraction of sp³-hybridized carbons (Fsp3) is 0.571. The summed E-state index contributed by atoms with van der Waals surface area (Å²) in [4.78, 5) is 14.2. The van der Waals surface area contributed by atoms with E-state index in [0.29, 0.717) is 5.92 Å². The molecule has 0 bridgehead atoms. The number of carbonyl (C=O) groups excluding carboxylic acids is 1. The van der Waals surface area contributed by atoms with Crippen LogP contribution in [0.2, 0.25) is 0 Å². The second-order valence-electron chi connectivity index (χ2n) is 2.98. The van der Waals surface area contributed by atoms with Gasteiger partial charge in [0.25, 0.3) is 0 Å². The number of carboxylic acid groups (broad SMARTS) is 1. The summed E-state index contributed by atoms with van der Waals surface area (Å²) in [5, 5.41) is 14.1. The Bertz CT molecular complexity index is 332. The second-order valence-corrected chi connectivity index (χ2v) is 2.98. The van der Waals surface area contributed by atoms with Gasteiger partial charge >= 0.3 is 29.6 Å². The number of aryl methyl sites for hydroxylation is 1. The van der Waals surface area contributed by atoms with E-state index in [1.54, 1.807) is 7.05 Å². The van der Waals surface area contributed by atoms with Crippen LogP contribution >= 0.6 is 0 Å². The maximum atomic E-state index is 10.4. The van der Waals surface area contributed by atoms with Gasteiger partial charge in [0.15, 0.2) is 5.82 Å². The molecule has 13 heavy (non-hydrogen) atoms. The van der Waals surface area contributed by atoms with Crippen molar-refractivity contribution in [3.63, 3.8) is 0 Å². The largest absolute Gasteiger partial charge is 1.00 e. The molecule has 0 saturated heterocycles. The Morgan fingerprint density at radius 3 is 2.62 bits per heavy atom. The molecule has 1 fully saturated rings. The SMILES string of the molecule is Cn1nc(C(=O)[O-])nc1C1CC1.[Na+]. The first-order valence-corrected chi connectivity index (χ1v) is 3.81. The summed E-state index contributed by atoms with van der Waals surface area (Å²) in [6.07, 6.45) is 2.16. The maximum Gasteiger partial charge on any atom is 1.00 e. The van der Waals surface area contributed by atoms with Gasteiger partial charge in [0.1, 0.15) is 11.8 Å². The first-order chi connectivity index (χ1) is 5.68. The summed E-state index contributed by atoms with van der Waals surface area (Å²) in [6.45, 7) is 0. The Kier molecular flexibility index (Phi) is 3.10. The summed E-state index contributed by atoms with van der Waals surface area (Å²) in [7, 11) is 1.70. The van der Waals surface area contributed by atoms with Crippen LogP contribution in [0, 0.1) is 0 Å². The van der Waals surface area contributed by atoms with Gasteiger partial charge in [0.2, 0.25) is 0 Å². The molecule has 0 radical (unpaired) electrons. The minimum atomic E-state index is -1.31. The number of carboxylic acids is 1. The van der Waals surface area contributed by atoms with Crippen molar-refractivity contribution in [2.45, 2.75) is 18.8 Å². The molecule has 1 aromatic heterocycles. The van der Waals surface area contributed by atoms with Gasteiger partial charge < -0.3 is 9.90 Å². The zero-order valence-corrected chi connectivity index (χ0v) is 9.65. The van der Waals surface area contributed by atoms with Crippen molar-refractivity contribution in [3.05, 3.63) is 11.6 Å². The van der Waals surface area contributed by atoms with Crippen LogP contribution in [-0.4, -0.2) is 20.7 Å². The van der Waals surface area contributed by atoms with Gasteiger partial charge in [-0.25, -0.2) is 4.98 Å². The Hall–Kier alpha value is -0.390. The predicted octanol–water partition coefficient (Wildman–Crippen LogP) is -3.94. The zero-order valence-electron chi connectivity index (χ0n) is 7.65. The zero-order chi connectivity index (χ0) is 8.72. The Balaban J connectivity index is 0.000000845. The van der Waals surface area contributed by atoms with Crippen molar-refractivity contribution in [1.82, 2.24) is 14.8 Å². The third kappa shape index (κ3) is 2.10. The van der Waals surface area contributed by atoms with Crippen molar-refractivity contribution in [1.29, 1.82) is 0 Å². The molecule has 0 spiro atoms. The van der Waals surface area contributed by atoms with Gasteiger partial charge in [-0.15, -0.1) is 5.10 Å². The molecule has 64 valence electrons. The van der Waals surface area contributed by atoms with E-state index in [4.69, 9.17) is 0 Å². The van der Waals surface area contributed by atoms with E-state index in [1.165, 1.54) is 4.68 Å². The molecule has 0 amide bonds. The smallest absolute Gasteiger partial charge is 0.541 e. The van der Waals surface area contributed by atoms with Gasteiger partial charge in [0.05, 0.1) is 0 Å². The van der Waals surface area contributed by atoms with E-state index in [9.17, 15) is 9.90 Å². The fourth-order valence-corrected chi connectivity index (χ4v) is 1.18. The average Bonchev–Trinajstić information content (AvgIpc) is 2.75. The normalized spacial score (nSPS) is 15.2. The van der Waals surface area contributed by atoms with Gasteiger partial charge in [-0.3, -0.25) is 4.68 Å². The molecule has 2 rings (SSSR count). The van der Waals surface area contributed by atoms with E-state index in [1.807, 2.05) is 0 Å². The topological polar surface area (TPSA) is 70.8 Å². The number of aromatic carboxylic acids is 1. The van der Waals surface area contributed by atoms with E-state index < -0.39 is 5.97 Å². The fourth-order valence-electron chi connectivity index (χ4n) is 1.18. The Labute approximate surface area is 97.4 Å². The monoisotopic (exact) mass is 189 g/mol. The van der Waals surface area contributed by atoms with Gasteiger partial charge in [-0.2, -0.15) is 0 Å².